The van der Waals surface area contributed by atoms with E-state index in [1.165, 1.54) is 87.5 Å². The highest BCUT2D eigenvalue weighted by atomic mass is 15.1. The van der Waals surface area contributed by atoms with Crippen LogP contribution < -0.4 is 4.90 Å². The molecule has 0 spiro atoms. The molecule has 0 N–H and O–H groups in total. The van der Waals surface area contributed by atoms with Crippen LogP contribution in [0.2, 0.25) is 0 Å². The molecule has 1 aromatic heterocycles. The first-order chi connectivity index (χ1) is 27.8. The fourth-order valence-corrected chi connectivity index (χ4v) is 9.34. The van der Waals surface area contributed by atoms with Gasteiger partial charge >= 0.3 is 0 Å². The molecule has 2 heteroatoms. The highest BCUT2D eigenvalue weighted by molar-refractivity contribution is 6.16. The van der Waals surface area contributed by atoms with E-state index in [2.05, 4.69) is 216 Å². The van der Waals surface area contributed by atoms with Gasteiger partial charge in [-0.1, -0.05) is 146 Å². The summed E-state index contributed by atoms with van der Waals surface area (Å²) in [4.78, 5) is 2.43. The monoisotopic (exact) mass is 710 g/mol. The van der Waals surface area contributed by atoms with E-state index in [1.54, 1.807) is 0 Å². The van der Waals surface area contributed by atoms with Crippen LogP contribution in [0, 0.1) is 0 Å². The predicted octanol–water partition coefficient (Wildman–Crippen LogP) is 15.0. The van der Waals surface area contributed by atoms with Crippen molar-refractivity contribution >= 4 is 71.2 Å². The van der Waals surface area contributed by atoms with Crippen LogP contribution in [0.5, 0.6) is 0 Å². The maximum atomic E-state index is 2.43. The summed E-state index contributed by atoms with van der Waals surface area (Å²) in [5.74, 6) is 0. The molecule has 0 aliphatic heterocycles. The third-order valence-electron chi connectivity index (χ3n) is 11.9. The van der Waals surface area contributed by atoms with Crippen LogP contribution in [0.4, 0.5) is 17.1 Å². The van der Waals surface area contributed by atoms with E-state index in [-0.39, 0.29) is 0 Å². The van der Waals surface area contributed by atoms with Crippen molar-refractivity contribution in [1.82, 2.24) is 4.57 Å². The Hall–Kier alpha value is -7.42. The average molecular weight is 711 g/mol. The molecule has 0 bridgehead atoms. The van der Waals surface area contributed by atoms with Crippen LogP contribution in [0.15, 0.2) is 206 Å². The fraction of sp³-hybridized carbons (Fsp3) is 0. The van der Waals surface area contributed by atoms with Gasteiger partial charge < -0.3 is 9.47 Å². The number of anilines is 3. The molecule has 10 aromatic carbocycles. The van der Waals surface area contributed by atoms with Crippen molar-refractivity contribution in [2.75, 3.05) is 4.90 Å². The molecular formula is C54H34N2. The lowest BCUT2D eigenvalue weighted by Crippen LogP contribution is -2.11. The van der Waals surface area contributed by atoms with E-state index < -0.39 is 0 Å². The molecule has 260 valence electrons. The molecule has 0 amide bonds. The van der Waals surface area contributed by atoms with E-state index in [0.717, 1.165) is 22.7 Å². The second-order valence-electron chi connectivity index (χ2n) is 14.9. The van der Waals surface area contributed by atoms with E-state index in [1.807, 2.05) is 0 Å². The SMILES string of the molecule is c1cc(-c2ccc3ccc4ccccc4c3c2)cc(N(c2cccc(-n3c4ccccc4c4ccccc43)c2)c2ccc3c(c2)-c2cccc4cccc-3c24)c1. The Bertz CT molecular complexity index is 3330. The number of hydrogen-bond donors (Lipinski definition) is 0. The number of benzene rings is 10. The zero-order valence-corrected chi connectivity index (χ0v) is 30.5. The standard InChI is InChI=1S/C54H34N2/c1-2-18-44-35(11-1)25-26-36-27-28-39(32-50(36)44)38-14-7-15-40(31-38)55(43-29-30-45-48-21-8-12-37-13-9-22-49(54(37)48)51(45)34-43)41-16-10-17-42(33-41)56-52-23-5-3-19-46(52)47-20-4-6-24-53(47)56/h1-34H. The maximum absolute atomic E-state index is 2.43. The Morgan fingerprint density at radius 1 is 0.304 bits per heavy atom. The van der Waals surface area contributed by atoms with E-state index >= 15 is 0 Å². The van der Waals surface area contributed by atoms with Crippen molar-refractivity contribution in [2.24, 2.45) is 0 Å². The number of rotatable bonds is 5. The molecule has 0 saturated carbocycles. The van der Waals surface area contributed by atoms with Gasteiger partial charge in [-0.25, -0.2) is 0 Å². The third kappa shape index (κ3) is 4.63. The van der Waals surface area contributed by atoms with Gasteiger partial charge in [-0.15, -0.1) is 0 Å². The molecule has 0 fully saturated rings. The lowest BCUT2D eigenvalue weighted by Gasteiger charge is -2.27. The van der Waals surface area contributed by atoms with Crippen LogP contribution in [0.3, 0.4) is 0 Å². The van der Waals surface area contributed by atoms with Crippen molar-refractivity contribution in [3.05, 3.63) is 206 Å². The van der Waals surface area contributed by atoms with Gasteiger partial charge in [0.1, 0.15) is 0 Å². The summed E-state index contributed by atoms with van der Waals surface area (Å²) in [5.41, 5.74) is 14.4. The van der Waals surface area contributed by atoms with Gasteiger partial charge in [0.25, 0.3) is 0 Å². The quantitative estimate of drug-likeness (QED) is 0.161. The lowest BCUT2D eigenvalue weighted by atomic mass is 9.97. The Kier molecular flexibility index (Phi) is 6.66. The second kappa shape index (κ2) is 12.0. The molecule has 0 saturated heterocycles. The summed E-state index contributed by atoms with van der Waals surface area (Å²) in [5, 5.41) is 10.2. The van der Waals surface area contributed by atoms with Gasteiger partial charge in [-0.3, -0.25) is 0 Å². The van der Waals surface area contributed by atoms with Gasteiger partial charge in [0.05, 0.1) is 11.0 Å². The molecule has 0 radical (unpaired) electrons. The van der Waals surface area contributed by atoms with Gasteiger partial charge in [-0.2, -0.15) is 0 Å². The van der Waals surface area contributed by atoms with Crippen LogP contribution >= 0.6 is 0 Å². The average Bonchev–Trinajstić information content (AvgIpc) is 3.77. The molecule has 1 aliphatic carbocycles. The molecular weight excluding hydrogens is 677 g/mol. The first-order valence-corrected chi connectivity index (χ1v) is 19.3. The van der Waals surface area contributed by atoms with Gasteiger partial charge in [0.15, 0.2) is 0 Å². The number of fused-ring (bicyclic) bond motifs is 9. The predicted molar refractivity (Wildman–Crippen MR) is 238 cm³/mol. The first-order valence-electron chi connectivity index (χ1n) is 19.3. The van der Waals surface area contributed by atoms with E-state index in [4.69, 9.17) is 0 Å². The van der Waals surface area contributed by atoms with Crippen molar-refractivity contribution in [3.8, 4) is 39.1 Å². The minimum Gasteiger partial charge on any atom is -0.310 e. The minimum absolute atomic E-state index is 1.10. The maximum Gasteiger partial charge on any atom is 0.0541 e. The molecule has 12 rings (SSSR count). The van der Waals surface area contributed by atoms with Crippen LogP contribution in [-0.2, 0) is 0 Å². The number of hydrogen-bond acceptors (Lipinski definition) is 1. The van der Waals surface area contributed by atoms with Crippen molar-refractivity contribution in [3.63, 3.8) is 0 Å². The summed E-state index contributed by atoms with van der Waals surface area (Å²) in [6.45, 7) is 0. The number of para-hydroxylation sites is 2. The molecule has 1 aliphatic rings. The zero-order chi connectivity index (χ0) is 36.7. The normalized spacial score (nSPS) is 11.9. The highest BCUT2D eigenvalue weighted by Crippen LogP contribution is 2.50. The summed E-state index contributed by atoms with van der Waals surface area (Å²) >= 11 is 0. The molecule has 11 aromatic rings. The Morgan fingerprint density at radius 3 is 1.66 bits per heavy atom. The summed E-state index contributed by atoms with van der Waals surface area (Å²) in [7, 11) is 0. The highest BCUT2D eigenvalue weighted by Gasteiger charge is 2.24. The minimum atomic E-state index is 1.10. The Labute approximate surface area is 324 Å². The molecule has 2 nitrogen and oxygen atoms in total. The zero-order valence-electron chi connectivity index (χ0n) is 30.5. The third-order valence-corrected chi connectivity index (χ3v) is 11.9. The van der Waals surface area contributed by atoms with Crippen LogP contribution in [0.25, 0.3) is 93.2 Å². The van der Waals surface area contributed by atoms with Crippen LogP contribution in [-0.4, -0.2) is 4.57 Å². The van der Waals surface area contributed by atoms with E-state index in [9.17, 15) is 0 Å². The van der Waals surface area contributed by atoms with Crippen molar-refractivity contribution < 1.29 is 0 Å². The molecule has 0 atom stereocenters. The Balaban J connectivity index is 1.06. The van der Waals surface area contributed by atoms with Gasteiger partial charge in [-0.05, 0) is 126 Å². The van der Waals surface area contributed by atoms with Gasteiger partial charge in [0.2, 0.25) is 0 Å². The summed E-state index contributed by atoms with van der Waals surface area (Å²) < 4.78 is 2.40. The second-order valence-corrected chi connectivity index (χ2v) is 14.9. The summed E-state index contributed by atoms with van der Waals surface area (Å²) in [6, 6.07) is 75.9. The smallest absolute Gasteiger partial charge is 0.0541 e. The van der Waals surface area contributed by atoms with Crippen molar-refractivity contribution in [1.29, 1.82) is 0 Å². The number of aromatic nitrogens is 1. The topological polar surface area (TPSA) is 8.17 Å². The number of nitrogens with zero attached hydrogens (tertiary/aromatic N) is 2. The molecule has 56 heavy (non-hydrogen) atoms. The summed E-state index contributed by atoms with van der Waals surface area (Å²) in [6.07, 6.45) is 0. The largest absolute Gasteiger partial charge is 0.310 e. The molecule has 1 heterocycles. The van der Waals surface area contributed by atoms with Crippen LogP contribution in [0.1, 0.15) is 0 Å². The molecule has 0 unspecified atom stereocenters. The Morgan fingerprint density at radius 2 is 0.875 bits per heavy atom. The van der Waals surface area contributed by atoms with Gasteiger partial charge in [0, 0.05) is 33.5 Å². The van der Waals surface area contributed by atoms with Crippen molar-refractivity contribution in [2.45, 2.75) is 0 Å². The van der Waals surface area contributed by atoms with E-state index in [0.29, 0.717) is 0 Å². The fourth-order valence-electron chi connectivity index (χ4n) is 9.34. The lowest BCUT2D eigenvalue weighted by molar-refractivity contribution is 1.17. The first kappa shape index (κ1) is 31.0.